The molecule has 3 N–H and O–H groups in total. The Balaban J connectivity index is 4.41. The molecule has 1 amide bonds. The zero-order valence-electron chi connectivity index (χ0n) is 40.1. The number of amides is 1. The van der Waals surface area contributed by atoms with E-state index in [0.29, 0.717) is 19.3 Å². The van der Waals surface area contributed by atoms with Gasteiger partial charge in [-0.1, -0.05) is 250 Å². The molecule has 3 unspecified atom stereocenters. The second-order valence-corrected chi connectivity index (χ2v) is 18.0. The molecule has 0 aliphatic heterocycles. The van der Waals surface area contributed by atoms with Crippen LogP contribution in [0.3, 0.4) is 0 Å². The van der Waals surface area contributed by atoms with Crippen LogP contribution < -0.4 is 5.32 Å². The Kier molecular flexibility index (Phi) is 46.6. The van der Waals surface area contributed by atoms with Crippen molar-refractivity contribution in [3.05, 3.63) is 36.5 Å². The molecule has 60 heavy (non-hydrogen) atoms. The second-order valence-electron chi connectivity index (χ2n) is 18.0. The number of ether oxygens (including phenoxy) is 1. The van der Waals surface area contributed by atoms with Crippen LogP contribution in [0.1, 0.15) is 271 Å². The number of carbonyl (C=O) groups excluding carboxylic acids is 2. The predicted octanol–water partition coefficient (Wildman–Crippen LogP) is 15.7. The van der Waals surface area contributed by atoms with Gasteiger partial charge in [0.2, 0.25) is 5.91 Å². The van der Waals surface area contributed by atoms with E-state index in [0.717, 1.165) is 57.8 Å². The maximum atomic E-state index is 13.2. The van der Waals surface area contributed by atoms with Crippen LogP contribution in [0.25, 0.3) is 0 Å². The van der Waals surface area contributed by atoms with Crippen molar-refractivity contribution in [2.45, 2.75) is 289 Å². The van der Waals surface area contributed by atoms with Gasteiger partial charge in [-0.15, -0.1) is 0 Å². The summed E-state index contributed by atoms with van der Waals surface area (Å²) < 4.78 is 5.91. The summed E-state index contributed by atoms with van der Waals surface area (Å²) in [4.78, 5) is 26.1. The van der Waals surface area contributed by atoms with Crippen LogP contribution in [0.15, 0.2) is 36.5 Å². The maximum Gasteiger partial charge on any atom is 0.306 e. The van der Waals surface area contributed by atoms with Gasteiger partial charge in [-0.25, -0.2) is 0 Å². The molecule has 3 atom stereocenters. The molecule has 0 bridgehead atoms. The van der Waals surface area contributed by atoms with E-state index in [4.69, 9.17) is 4.74 Å². The van der Waals surface area contributed by atoms with Crippen LogP contribution in [0.4, 0.5) is 0 Å². The first kappa shape index (κ1) is 58.1. The summed E-state index contributed by atoms with van der Waals surface area (Å²) in [5, 5.41) is 23.8. The molecular formula is C54H101NO5. The molecule has 0 aliphatic carbocycles. The van der Waals surface area contributed by atoms with Crippen LogP contribution >= 0.6 is 0 Å². The molecule has 0 saturated heterocycles. The fraction of sp³-hybridized carbons (Fsp3) is 0.852. The van der Waals surface area contributed by atoms with Crippen molar-refractivity contribution in [2.75, 3.05) is 6.61 Å². The molecule has 0 aliphatic rings. The molecule has 352 valence electrons. The number of rotatable bonds is 47. The van der Waals surface area contributed by atoms with E-state index in [-0.39, 0.29) is 24.9 Å². The molecule has 0 radical (unpaired) electrons. The Bertz CT molecular complexity index is 993. The number of nitrogens with one attached hydrogen (secondary N) is 1. The lowest BCUT2D eigenvalue weighted by Gasteiger charge is -2.24. The molecule has 0 spiro atoms. The SMILES string of the molecule is CC/C=C/C=C/C=C/CCCCCCCCCC(=O)OC(CCCCCCCCCCC)CC(=O)NC(CO)C(O)CCCCCCCCCCCCCCCCCCC. The minimum Gasteiger partial charge on any atom is -0.462 e. The van der Waals surface area contributed by atoms with E-state index in [1.807, 2.05) is 0 Å². The number of unbranched alkanes of at least 4 members (excludes halogenated alkanes) is 31. The minimum atomic E-state index is -0.786. The number of hydrogen-bond donors (Lipinski definition) is 3. The summed E-state index contributed by atoms with van der Waals surface area (Å²) in [6.07, 6.45) is 56.4. The largest absolute Gasteiger partial charge is 0.462 e. The van der Waals surface area contributed by atoms with Gasteiger partial charge in [-0.3, -0.25) is 9.59 Å². The van der Waals surface area contributed by atoms with Crippen molar-refractivity contribution in [3.8, 4) is 0 Å². The zero-order valence-corrected chi connectivity index (χ0v) is 40.1. The fourth-order valence-electron chi connectivity index (χ4n) is 8.08. The van der Waals surface area contributed by atoms with Crippen molar-refractivity contribution in [1.82, 2.24) is 5.32 Å². The molecular weight excluding hydrogens is 743 g/mol. The van der Waals surface area contributed by atoms with Gasteiger partial charge >= 0.3 is 5.97 Å². The first-order valence-electron chi connectivity index (χ1n) is 26.2. The lowest BCUT2D eigenvalue weighted by atomic mass is 10.0. The Morgan fingerprint density at radius 3 is 1.35 bits per heavy atom. The van der Waals surface area contributed by atoms with E-state index in [2.05, 4.69) is 62.5 Å². The van der Waals surface area contributed by atoms with Crippen LogP contribution in [0.2, 0.25) is 0 Å². The zero-order chi connectivity index (χ0) is 43.8. The topological polar surface area (TPSA) is 95.9 Å². The van der Waals surface area contributed by atoms with Gasteiger partial charge < -0.3 is 20.3 Å². The van der Waals surface area contributed by atoms with Crippen molar-refractivity contribution in [2.24, 2.45) is 0 Å². The lowest BCUT2D eigenvalue weighted by Crippen LogP contribution is -2.46. The minimum absolute atomic E-state index is 0.0759. The fourth-order valence-corrected chi connectivity index (χ4v) is 8.08. The van der Waals surface area contributed by atoms with Crippen LogP contribution in [0, 0.1) is 0 Å². The highest BCUT2D eigenvalue weighted by Gasteiger charge is 2.24. The monoisotopic (exact) mass is 844 g/mol. The molecule has 6 heteroatoms. The highest BCUT2D eigenvalue weighted by molar-refractivity contribution is 5.77. The Labute approximate surface area is 373 Å². The summed E-state index contributed by atoms with van der Waals surface area (Å²) in [7, 11) is 0. The summed E-state index contributed by atoms with van der Waals surface area (Å²) >= 11 is 0. The molecule has 0 heterocycles. The normalized spacial score (nSPS) is 13.5. The smallest absolute Gasteiger partial charge is 0.306 e. The number of allylic oxidation sites excluding steroid dienone is 6. The third kappa shape index (κ3) is 42.8. The van der Waals surface area contributed by atoms with Crippen LogP contribution in [-0.2, 0) is 14.3 Å². The summed E-state index contributed by atoms with van der Waals surface area (Å²) in [6.45, 7) is 6.36. The highest BCUT2D eigenvalue weighted by Crippen LogP contribution is 2.18. The Hall–Kier alpha value is -1.92. The maximum absolute atomic E-state index is 13.2. The van der Waals surface area contributed by atoms with Gasteiger partial charge in [0.25, 0.3) is 0 Å². The predicted molar refractivity (Wildman–Crippen MR) is 259 cm³/mol. The van der Waals surface area contributed by atoms with Crippen molar-refractivity contribution in [1.29, 1.82) is 0 Å². The average Bonchev–Trinajstić information content (AvgIpc) is 3.24. The molecule has 0 rings (SSSR count). The number of aliphatic hydroxyl groups is 2. The van der Waals surface area contributed by atoms with Crippen molar-refractivity contribution in [3.63, 3.8) is 0 Å². The van der Waals surface area contributed by atoms with Crippen molar-refractivity contribution < 1.29 is 24.5 Å². The highest BCUT2D eigenvalue weighted by atomic mass is 16.5. The third-order valence-electron chi connectivity index (χ3n) is 12.0. The van der Waals surface area contributed by atoms with Crippen molar-refractivity contribution >= 4 is 11.9 Å². The summed E-state index contributed by atoms with van der Waals surface area (Å²) in [5.74, 6) is -0.479. The van der Waals surface area contributed by atoms with Gasteiger partial charge in [0.15, 0.2) is 0 Å². The molecule has 0 aromatic rings. The van der Waals surface area contributed by atoms with Crippen LogP contribution in [-0.4, -0.2) is 46.9 Å². The average molecular weight is 844 g/mol. The van der Waals surface area contributed by atoms with Gasteiger partial charge in [-0.05, 0) is 44.9 Å². The molecule has 0 fully saturated rings. The van der Waals surface area contributed by atoms with E-state index >= 15 is 0 Å². The van der Waals surface area contributed by atoms with Gasteiger partial charge in [0.05, 0.1) is 25.2 Å². The first-order valence-corrected chi connectivity index (χ1v) is 26.2. The number of carbonyl (C=O) groups is 2. The number of esters is 1. The van der Waals surface area contributed by atoms with Gasteiger partial charge in [0, 0.05) is 6.42 Å². The number of aliphatic hydroxyl groups excluding tert-OH is 2. The van der Waals surface area contributed by atoms with E-state index in [1.165, 1.54) is 167 Å². The van der Waals surface area contributed by atoms with Gasteiger partial charge in [0.1, 0.15) is 6.10 Å². The third-order valence-corrected chi connectivity index (χ3v) is 12.0. The molecule has 0 saturated carbocycles. The van der Waals surface area contributed by atoms with Gasteiger partial charge in [-0.2, -0.15) is 0 Å². The lowest BCUT2D eigenvalue weighted by molar-refractivity contribution is -0.151. The van der Waals surface area contributed by atoms with Crippen LogP contribution in [0.5, 0.6) is 0 Å². The molecule has 0 aromatic carbocycles. The second kappa shape index (κ2) is 48.1. The quantitative estimate of drug-likeness (QED) is 0.0322. The Morgan fingerprint density at radius 1 is 0.500 bits per heavy atom. The van der Waals surface area contributed by atoms with E-state index in [1.54, 1.807) is 0 Å². The summed E-state index contributed by atoms with van der Waals surface area (Å²) in [5.41, 5.74) is 0. The number of hydrogen-bond acceptors (Lipinski definition) is 5. The molecule has 0 aromatic heterocycles. The molecule has 6 nitrogen and oxygen atoms in total. The van der Waals surface area contributed by atoms with E-state index < -0.39 is 18.2 Å². The Morgan fingerprint density at radius 2 is 0.900 bits per heavy atom. The standard InChI is InChI=1S/C54H101NO5/c1-4-7-10-13-16-19-21-23-25-26-28-29-31-34-37-40-43-46-52(57)51(49-56)55-53(58)48-50(45-42-39-36-33-18-15-12-9-6-3)60-54(59)47-44-41-38-35-32-30-27-24-22-20-17-14-11-8-5-2/h8,11,14,17,20,22,50-52,56-57H,4-7,9-10,12-13,15-16,18-19,21,23-49H2,1-3H3,(H,55,58)/b11-8+,17-14+,22-20+. The van der Waals surface area contributed by atoms with E-state index in [9.17, 15) is 19.8 Å². The first-order chi connectivity index (χ1) is 29.5. The summed E-state index contributed by atoms with van der Waals surface area (Å²) in [6, 6.07) is -0.700.